The predicted octanol–water partition coefficient (Wildman–Crippen LogP) is 6.47. The van der Waals surface area contributed by atoms with Gasteiger partial charge in [-0.2, -0.15) is 5.10 Å². The van der Waals surface area contributed by atoms with Crippen molar-refractivity contribution in [2.45, 2.75) is 40.5 Å². The van der Waals surface area contributed by atoms with E-state index >= 15 is 0 Å². The first-order valence-corrected chi connectivity index (χ1v) is 12.1. The second-order valence-corrected chi connectivity index (χ2v) is 9.85. The molecule has 0 spiro atoms. The summed E-state index contributed by atoms with van der Waals surface area (Å²) in [6.07, 6.45) is 5.92. The molecule has 0 radical (unpaired) electrons. The number of aryl methyl sites for hydroxylation is 3. The Bertz CT molecular complexity index is 1190. The van der Waals surface area contributed by atoms with E-state index in [9.17, 15) is 4.79 Å². The number of hydrogen-bond donors (Lipinski definition) is 0. The zero-order valence-corrected chi connectivity index (χ0v) is 20.5. The van der Waals surface area contributed by atoms with Gasteiger partial charge in [0.2, 0.25) is 0 Å². The number of amides is 1. The van der Waals surface area contributed by atoms with Gasteiger partial charge in [0.25, 0.3) is 5.91 Å². The standard InChI is InChI=1S/C26H27N3OS2/c1-5-6-12-28-25(30)22(32-26(28)31)15-20-16-29(21-10-8-7-9-11-21)27-24(20)23-18(3)13-17(2)14-19(23)4/h7-11,13-16H,5-6,12H2,1-4H3/b22-15+. The minimum Gasteiger partial charge on any atom is -0.293 e. The van der Waals surface area contributed by atoms with Crippen molar-refractivity contribution in [2.75, 3.05) is 6.54 Å². The Morgan fingerprint density at radius 3 is 2.44 bits per heavy atom. The monoisotopic (exact) mass is 461 g/mol. The van der Waals surface area contributed by atoms with E-state index in [1.165, 1.54) is 28.5 Å². The Balaban J connectivity index is 1.83. The van der Waals surface area contributed by atoms with E-state index in [0.717, 1.165) is 35.3 Å². The summed E-state index contributed by atoms with van der Waals surface area (Å²) in [6.45, 7) is 9.12. The Hall–Kier alpha value is -2.70. The average molecular weight is 462 g/mol. The summed E-state index contributed by atoms with van der Waals surface area (Å²) in [6, 6.07) is 14.4. The molecular formula is C26H27N3OS2. The molecule has 1 amide bonds. The molecule has 1 aliphatic rings. The third kappa shape index (κ3) is 4.43. The van der Waals surface area contributed by atoms with E-state index in [4.69, 9.17) is 17.3 Å². The smallest absolute Gasteiger partial charge is 0.266 e. The number of carbonyl (C=O) groups is 1. The van der Waals surface area contributed by atoms with Crippen LogP contribution in [0.5, 0.6) is 0 Å². The lowest BCUT2D eigenvalue weighted by Gasteiger charge is -2.13. The number of aromatic nitrogens is 2. The summed E-state index contributed by atoms with van der Waals surface area (Å²) in [7, 11) is 0. The van der Waals surface area contributed by atoms with E-state index in [-0.39, 0.29) is 5.91 Å². The van der Waals surface area contributed by atoms with Crippen molar-refractivity contribution < 1.29 is 4.79 Å². The van der Waals surface area contributed by atoms with E-state index in [1.54, 1.807) is 4.90 Å². The largest absolute Gasteiger partial charge is 0.293 e. The van der Waals surface area contributed by atoms with Gasteiger partial charge in [-0.25, -0.2) is 4.68 Å². The molecule has 1 fully saturated rings. The highest BCUT2D eigenvalue weighted by Crippen LogP contribution is 2.36. The zero-order valence-electron chi connectivity index (χ0n) is 18.9. The first-order valence-electron chi connectivity index (χ1n) is 10.9. The van der Waals surface area contributed by atoms with Crippen LogP contribution in [0.15, 0.2) is 53.6 Å². The highest BCUT2D eigenvalue weighted by molar-refractivity contribution is 8.26. The molecule has 3 aromatic rings. The van der Waals surface area contributed by atoms with Crippen LogP contribution in [0.1, 0.15) is 42.0 Å². The Morgan fingerprint density at radius 2 is 1.78 bits per heavy atom. The molecule has 0 aliphatic carbocycles. The number of thiocarbonyl (C=S) groups is 1. The van der Waals surface area contributed by atoms with Crippen molar-refractivity contribution in [3.8, 4) is 16.9 Å². The number of thioether (sulfide) groups is 1. The molecule has 4 rings (SSSR count). The molecule has 2 heterocycles. The summed E-state index contributed by atoms with van der Waals surface area (Å²) in [5, 5.41) is 4.96. The number of rotatable bonds is 6. The second kappa shape index (κ2) is 9.43. The molecule has 0 saturated carbocycles. The average Bonchev–Trinajstić information content (AvgIpc) is 3.28. The second-order valence-electron chi connectivity index (χ2n) is 8.17. The van der Waals surface area contributed by atoms with Crippen LogP contribution < -0.4 is 0 Å². The van der Waals surface area contributed by atoms with Crippen molar-refractivity contribution in [3.63, 3.8) is 0 Å². The molecule has 6 heteroatoms. The maximum absolute atomic E-state index is 13.1. The predicted molar refractivity (Wildman–Crippen MR) is 138 cm³/mol. The molecule has 0 unspecified atom stereocenters. The summed E-state index contributed by atoms with van der Waals surface area (Å²) in [4.78, 5) is 15.4. The molecule has 4 nitrogen and oxygen atoms in total. The number of carbonyl (C=O) groups excluding carboxylic acids is 1. The fourth-order valence-electron chi connectivity index (χ4n) is 4.10. The van der Waals surface area contributed by atoms with E-state index in [2.05, 4.69) is 39.8 Å². The maximum atomic E-state index is 13.1. The van der Waals surface area contributed by atoms with Crippen LogP contribution in [0.3, 0.4) is 0 Å². The van der Waals surface area contributed by atoms with Gasteiger partial charge < -0.3 is 0 Å². The lowest BCUT2D eigenvalue weighted by atomic mass is 9.95. The number of hydrogen-bond acceptors (Lipinski definition) is 4. The number of benzene rings is 2. The van der Waals surface area contributed by atoms with Crippen LogP contribution in [0, 0.1) is 20.8 Å². The first-order chi connectivity index (χ1) is 15.4. The van der Waals surface area contributed by atoms with Gasteiger partial charge in [0.1, 0.15) is 10.0 Å². The van der Waals surface area contributed by atoms with Crippen LogP contribution >= 0.6 is 24.0 Å². The molecule has 2 aromatic carbocycles. The van der Waals surface area contributed by atoms with Gasteiger partial charge in [0, 0.05) is 23.9 Å². The molecular weight excluding hydrogens is 434 g/mol. The Morgan fingerprint density at radius 1 is 1.09 bits per heavy atom. The van der Waals surface area contributed by atoms with Gasteiger partial charge in [0.05, 0.1) is 10.6 Å². The van der Waals surface area contributed by atoms with Crippen LogP contribution in [-0.2, 0) is 4.79 Å². The first kappa shape index (κ1) is 22.5. The molecule has 1 aromatic heterocycles. The molecule has 1 aliphatic heterocycles. The van der Waals surface area contributed by atoms with Gasteiger partial charge in [-0.05, 0) is 56.5 Å². The van der Waals surface area contributed by atoms with E-state index in [1.807, 2.05) is 47.3 Å². The summed E-state index contributed by atoms with van der Waals surface area (Å²) < 4.78 is 2.52. The lowest BCUT2D eigenvalue weighted by molar-refractivity contribution is -0.122. The third-order valence-electron chi connectivity index (χ3n) is 5.57. The van der Waals surface area contributed by atoms with Gasteiger partial charge in [-0.15, -0.1) is 0 Å². The highest BCUT2D eigenvalue weighted by Gasteiger charge is 2.32. The zero-order chi connectivity index (χ0) is 22.8. The van der Waals surface area contributed by atoms with Gasteiger partial charge in [-0.1, -0.05) is 73.2 Å². The van der Waals surface area contributed by atoms with E-state index < -0.39 is 0 Å². The highest BCUT2D eigenvalue weighted by atomic mass is 32.2. The molecule has 1 saturated heterocycles. The van der Waals surface area contributed by atoms with Crippen molar-refractivity contribution in [1.82, 2.24) is 14.7 Å². The maximum Gasteiger partial charge on any atom is 0.266 e. The van der Waals surface area contributed by atoms with Crippen molar-refractivity contribution in [3.05, 3.63) is 75.8 Å². The van der Waals surface area contributed by atoms with Crippen molar-refractivity contribution in [2.24, 2.45) is 0 Å². The number of unbranched alkanes of at least 4 members (excludes halogenated alkanes) is 1. The minimum absolute atomic E-state index is 0.00999. The molecule has 0 bridgehead atoms. The van der Waals surface area contributed by atoms with Crippen molar-refractivity contribution in [1.29, 1.82) is 0 Å². The van der Waals surface area contributed by atoms with Gasteiger partial charge in [0.15, 0.2) is 0 Å². The quantitative estimate of drug-likeness (QED) is 0.312. The molecule has 0 atom stereocenters. The van der Waals surface area contributed by atoms with Crippen LogP contribution in [0.25, 0.3) is 23.0 Å². The SMILES string of the molecule is CCCCN1C(=O)/C(=C\c2cn(-c3ccccc3)nc2-c2c(C)cc(C)cc2C)SC1=S. The number of nitrogens with zero attached hydrogens (tertiary/aromatic N) is 3. The summed E-state index contributed by atoms with van der Waals surface area (Å²) in [5.74, 6) is -0.00999. The summed E-state index contributed by atoms with van der Waals surface area (Å²) >= 11 is 6.87. The van der Waals surface area contributed by atoms with Gasteiger partial charge >= 0.3 is 0 Å². The fraction of sp³-hybridized carbons (Fsp3) is 0.269. The Labute approximate surface area is 199 Å². The molecule has 32 heavy (non-hydrogen) atoms. The molecule has 0 N–H and O–H groups in total. The van der Waals surface area contributed by atoms with Crippen LogP contribution in [0.2, 0.25) is 0 Å². The van der Waals surface area contributed by atoms with Gasteiger partial charge in [-0.3, -0.25) is 9.69 Å². The van der Waals surface area contributed by atoms with Crippen LogP contribution in [0.4, 0.5) is 0 Å². The number of para-hydroxylation sites is 1. The normalized spacial score (nSPS) is 15.2. The van der Waals surface area contributed by atoms with E-state index in [0.29, 0.717) is 15.8 Å². The lowest BCUT2D eigenvalue weighted by Crippen LogP contribution is -2.28. The van der Waals surface area contributed by atoms with Crippen molar-refractivity contribution >= 4 is 40.3 Å². The van der Waals surface area contributed by atoms with Crippen LogP contribution in [-0.4, -0.2) is 31.5 Å². The summed E-state index contributed by atoms with van der Waals surface area (Å²) in [5.41, 5.74) is 7.45. The fourth-order valence-corrected chi connectivity index (χ4v) is 5.40. The minimum atomic E-state index is -0.00999. The third-order valence-corrected chi connectivity index (χ3v) is 6.95. The topological polar surface area (TPSA) is 38.1 Å². The Kier molecular flexibility index (Phi) is 6.63. The molecule has 164 valence electrons.